The molecule has 0 fully saturated rings. The van der Waals surface area contributed by atoms with Crippen LogP contribution in [-0.4, -0.2) is 75.5 Å². The number of carbonyl (C=O) groups is 3. The third-order valence-corrected chi connectivity index (χ3v) is 10.8. The lowest BCUT2D eigenvalue weighted by Crippen LogP contribution is -2.55. The molecular weight excluding hydrogens is 787 g/mol. The fourth-order valence-electron chi connectivity index (χ4n) is 6.96. The molecule has 0 N–H and O–H groups in total. The molecule has 0 amide bonds. The van der Waals surface area contributed by atoms with Gasteiger partial charge in [-0.1, -0.05) is 176 Å². The molecule has 63 heavy (non-hydrogen) atoms. The van der Waals surface area contributed by atoms with Crippen molar-refractivity contribution in [3.63, 3.8) is 0 Å². The molecule has 0 saturated heterocycles. The fraction of sp³-hybridized carbons (Fsp3) is 0.691. The van der Waals surface area contributed by atoms with Gasteiger partial charge in [0.25, 0.3) is 0 Å². The Balaban J connectivity index is 4.30. The number of hydrogen-bond acceptors (Lipinski definition) is 7. The number of unbranched alkanes of at least 4 members (excludes halogenated alkanes) is 16. The Bertz CT molecular complexity index is 1300. The van der Waals surface area contributed by atoms with Crippen LogP contribution in [0.3, 0.4) is 0 Å². The zero-order valence-corrected chi connectivity index (χ0v) is 41.0. The van der Waals surface area contributed by atoms with E-state index in [0.29, 0.717) is 12.8 Å². The van der Waals surface area contributed by atoms with Gasteiger partial charge in [-0.25, -0.2) is 0 Å². The summed E-state index contributed by atoms with van der Waals surface area (Å²) in [6, 6.07) is -0.733. The van der Waals surface area contributed by atoms with Crippen LogP contribution < -0.4 is 5.11 Å². The van der Waals surface area contributed by atoms with Gasteiger partial charge < -0.3 is 28.6 Å². The summed E-state index contributed by atoms with van der Waals surface area (Å²) in [5.41, 5.74) is 0. The number of quaternary nitrogens is 1. The van der Waals surface area contributed by atoms with E-state index in [-0.39, 0.29) is 42.7 Å². The molecule has 0 aliphatic heterocycles. The van der Waals surface area contributed by atoms with E-state index < -0.39 is 18.1 Å². The Morgan fingerprint density at radius 3 is 1.24 bits per heavy atom. The summed E-state index contributed by atoms with van der Waals surface area (Å²) in [5.74, 6) is -1.76. The smallest absolute Gasteiger partial charge is 0.306 e. The molecule has 2 unspecified atom stereocenters. The van der Waals surface area contributed by atoms with Crippen LogP contribution in [0.4, 0.5) is 0 Å². The standard InChI is InChI=1S/C55H93NO7/c1-6-8-10-12-14-16-18-20-22-24-26-28-30-32-34-36-38-40-42-44-46-54(58)63-51(49-61-48-47-52(55(59)60)56(3,4)5)50-62-53(57)45-43-41-39-37-35-33-31-29-27-25-23-21-19-17-15-13-11-9-7-2/h8-11,14-17,20-23,27,29,51-52H,6-7,12-13,18-19,24-26,28,30-50H2,1-5H3/b10-8+,11-9+,16-14+,17-15+,22-20+,23-21+,29-27+. The summed E-state index contributed by atoms with van der Waals surface area (Å²) >= 11 is 0. The molecule has 360 valence electrons. The number of likely N-dealkylation sites (N-methyl/N-ethyl adjacent to an activating group) is 1. The minimum absolute atomic E-state index is 0.0303. The first-order chi connectivity index (χ1) is 30.6. The molecule has 0 saturated carbocycles. The highest BCUT2D eigenvalue weighted by Gasteiger charge is 2.25. The van der Waals surface area contributed by atoms with Crippen molar-refractivity contribution in [2.75, 3.05) is 41.0 Å². The van der Waals surface area contributed by atoms with Gasteiger partial charge in [-0.05, 0) is 83.5 Å². The van der Waals surface area contributed by atoms with E-state index in [2.05, 4.69) is 98.9 Å². The lowest BCUT2D eigenvalue weighted by atomic mass is 10.0. The van der Waals surface area contributed by atoms with E-state index in [9.17, 15) is 19.5 Å². The summed E-state index contributed by atoms with van der Waals surface area (Å²) in [4.78, 5) is 37.0. The van der Waals surface area contributed by atoms with Crippen LogP contribution in [0.25, 0.3) is 0 Å². The Morgan fingerprint density at radius 1 is 0.476 bits per heavy atom. The van der Waals surface area contributed by atoms with Crippen LogP contribution in [0.1, 0.15) is 194 Å². The molecule has 0 aromatic heterocycles. The molecule has 8 heteroatoms. The van der Waals surface area contributed by atoms with E-state index >= 15 is 0 Å². The summed E-state index contributed by atoms with van der Waals surface area (Å²) in [5, 5.41) is 11.7. The fourth-order valence-corrected chi connectivity index (χ4v) is 6.96. The number of rotatable bonds is 44. The van der Waals surface area contributed by atoms with Crippen LogP contribution in [0.5, 0.6) is 0 Å². The van der Waals surface area contributed by atoms with Crippen molar-refractivity contribution < 1.29 is 38.2 Å². The molecule has 0 bridgehead atoms. The zero-order chi connectivity index (χ0) is 46.3. The number of carbonyl (C=O) groups excluding carboxylic acids is 3. The molecular formula is C55H93NO7. The van der Waals surface area contributed by atoms with Gasteiger partial charge in [0.15, 0.2) is 6.10 Å². The van der Waals surface area contributed by atoms with Crippen LogP contribution in [-0.2, 0) is 28.6 Å². The van der Waals surface area contributed by atoms with Gasteiger partial charge in [0, 0.05) is 19.3 Å². The van der Waals surface area contributed by atoms with Crippen molar-refractivity contribution in [3.05, 3.63) is 85.1 Å². The second kappa shape index (κ2) is 45.1. The molecule has 2 atom stereocenters. The average molecular weight is 880 g/mol. The lowest BCUT2D eigenvalue weighted by Gasteiger charge is -2.34. The van der Waals surface area contributed by atoms with E-state index in [1.165, 1.54) is 64.2 Å². The van der Waals surface area contributed by atoms with E-state index in [1.807, 2.05) is 0 Å². The summed E-state index contributed by atoms with van der Waals surface area (Å²) < 4.78 is 17.2. The van der Waals surface area contributed by atoms with E-state index in [1.54, 1.807) is 21.1 Å². The highest BCUT2D eigenvalue weighted by molar-refractivity contribution is 5.70. The van der Waals surface area contributed by atoms with Gasteiger partial charge in [0.05, 0.1) is 40.3 Å². The van der Waals surface area contributed by atoms with Gasteiger partial charge in [-0.3, -0.25) is 9.59 Å². The number of aliphatic carboxylic acids is 1. The molecule has 0 spiro atoms. The lowest BCUT2D eigenvalue weighted by molar-refractivity contribution is -0.889. The van der Waals surface area contributed by atoms with Crippen LogP contribution in [0.15, 0.2) is 85.1 Å². The molecule has 0 radical (unpaired) electrons. The first kappa shape index (κ1) is 59.5. The van der Waals surface area contributed by atoms with Crippen molar-refractivity contribution in [1.82, 2.24) is 0 Å². The molecule has 0 heterocycles. The van der Waals surface area contributed by atoms with Gasteiger partial charge in [0.2, 0.25) is 0 Å². The molecule has 0 aromatic rings. The van der Waals surface area contributed by atoms with Crippen LogP contribution in [0, 0.1) is 0 Å². The monoisotopic (exact) mass is 880 g/mol. The number of esters is 2. The SMILES string of the molecule is CC/C=C/C/C=C/C/C=C/C/C=C/CCCCCCCCC(=O)OCC(COCCC(C(=O)[O-])[N+](C)(C)C)OC(=O)CCCCCCCCCCCC/C=C/C/C=C/C/C=C/CC. The van der Waals surface area contributed by atoms with Gasteiger partial charge in [-0.15, -0.1) is 0 Å². The predicted molar refractivity (Wildman–Crippen MR) is 263 cm³/mol. The van der Waals surface area contributed by atoms with Crippen molar-refractivity contribution in [1.29, 1.82) is 0 Å². The Labute approximate surface area is 386 Å². The highest BCUT2D eigenvalue weighted by Crippen LogP contribution is 2.14. The largest absolute Gasteiger partial charge is 0.544 e. The second-order valence-corrected chi connectivity index (χ2v) is 17.6. The van der Waals surface area contributed by atoms with Crippen LogP contribution >= 0.6 is 0 Å². The van der Waals surface area contributed by atoms with Crippen molar-refractivity contribution in [3.8, 4) is 0 Å². The molecule has 0 aliphatic carbocycles. The second-order valence-electron chi connectivity index (χ2n) is 17.6. The molecule has 0 rings (SSSR count). The normalized spacial score (nSPS) is 13.6. The topological polar surface area (TPSA) is 102 Å². The maximum absolute atomic E-state index is 12.8. The van der Waals surface area contributed by atoms with Gasteiger partial charge in [0.1, 0.15) is 12.6 Å². The van der Waals surface area contributed by atoms with E-state index in [0.717, 1.165) is 96.3 Å². The zero-order valence-electron chi connectivity index (χ0n) is 41.0. The maximum Gasteiger partial charge on any atom is 0.306 e. The number of carboxylic acid groups (broad SMARTS) is 1. The minimum Gasteiger partial charge on any atom is -0.544 e. The maximum atomic E-state index is 12.8. The third kappa shape index (κ3) is 43.5. The first-order valence-electron chi connectivity index (χ1n) is 25.1. The number of carboxylic acids is 1. The molecule has 0 aromatic carbocycles. The quantitative estimate of drug-likeness (QED) is 0.0260. The Kier molecular flexibility index (Phi) is 42.6. The van der Waals surface area contributed by atoms with Crippen LogP contribution in [0.2, 0.25) is 0 Å². The highest BCUT2D eigenvalue weighted by atomic mass is 16.6. The molecule has 0 aliphatic rings. The average Bonchev–Trinajstić information content (AvgIpc) is 3.24. The number of allylic oxidation sites excluding steroid dienone is 14. The summed E-state index contributed by atoms with van der Waals surface area (Å²) in [7, 11) is 5.40. The third-order valence-electron chi connectivity index (χ3n) is 10.8. The van der Waals surface area contributed by atoms with Crippen molar-refractivity contribution in [2.45, 2.75) is 206 Å². The van der Waals surface area contributed by atoms with E-state index in [4.69, 9.17) is 14.2 Å². The number of ether oxygens (including phenoxy) is 3. The summed E-state index contributed by atoms with van der Waals surface area (Å²) in [6.07, 6.45) is 58.9. The molecule has 8 nitrogen and oxygen atoms in total. The number of hydrogen-bond donors (Lipinski definition) is 0. The minimum atomic E-state index is -1.13. The number of nitrogens with zero attached hydrogens (tertiary/aromatic N) is 1. The van der Waals surface area contributed by atoms with Gasteiger partial charge in [-0.2, -0.15) is 0 Å². The Hall–Kier alpha value is -3.49. The first-order valence-corrected chi connectivity index (χ1v) is 25.1. The van der Waals surface area contributed by atoms with Crippen molar-refractivity contribution >= 4 is 17.9 Å². The van der Waals surface area contributed by atoms with Crippen molar-refractivity contribution in [2.24, 2.45) is 0 Å². The predicted octanol–water partition coefficient (Wildman–Crippen LogP) is 13.1. The Morgan fingerprint density at radius 2 is 0.841 bits per heavy atom. The van der Waals surface area contributed by atoms with Gasteiger partial charge >= 0.3 is 11.9 Å². The summed E-state index contributed by atoms with van der Waals surface area (Å²) in [6.45, 7) is 4.42.